The van der Waals surface area contributed by atoms with Crippen molar-refractivity contribution in [1.82, 2.24) is 4.31 Å². The van der Waals surface area contributed by atoms with E-state index in [1.165, 1.54) is 25.6 Å². The summed E-state index contributed by atoms with van der Waals surface area (Å²) in [6.45, 7) is 3.63. The van der Waals surface area contributed by atoms with Gasteiger partial charge in [0, 0.05) is 36.8 Å². The first kappa shape index (κ1) is 21.0. The van der Waals surface area contributed by atoms with Crippen LogP contribution in [0.5, 0.6) is 17.2 Å². The van der Waals surface area contributed by atoms with E-state index in [2.05, 4.69) is 5.32 Å². The van der Waals surface area contributed by atoms with Gasteiger partial charge in [0.25, 0.3) is 0 Å². The number of benzene rings is 1. The molecule has 0 fully saturated rings. The van der Waals surface area contributed by atoms with Crippen molar-refractivity contribution in [2.24, 2.45) is 0 Å². The minimum absolute atomic E-state index is 0.0297. The largest absolute Gasteiger partial charge is 0.493 e. The molecule has 0 radical (unpaired) electrons. The van der Waals surface area contributed by atoms with Gasteiger partial charge in [-0.15, -0.1) is 0 Å². The second-order valence-corrected chi connectivity index (χ2v) is 7.61. The number of ether oxygens (including phenoxy) is 3. The van der Waals surface area contributed by atoms with Crippen molar-refractivity contribution >= 4 is 21.6 Å². The Kier molecular flexibility index (Phi) is 7.50. The molecular formula is C16H26N2O6S. The zero-order valence-electron chi connectivity index (χ0n) is 15.5. The molecule has 0 heterocycles. The van der Waals surface area contributed by atoms with Gasteiger partial charge in [0.15, 0.2) is 11.5 Å². The van der Waals surface area contributed by atoms with E-state index in [1.807, 2.05) is 0 Å². The summed E-state index contributed by atoms with van der Waals surface area (Å²) in [5.41, 5.74) is 0.468. The molecule has 0 spiro atoms. The molecule has 0 saturated heterocycles. The van der Waals surface area contributed by atoms with E-state index >= 15 is 0 Å². The number of carbonyl (C=O) groups is 1. The molecule has 0 aliphatic carbocycles. The Bertz CT molecular complexity index is 678. The number of sulfonamides is 1. The molecule has 25 heavy (non-hydrogen) atoms. The van der Waals surface area contributed by atoms with Gasteiger partial charge in [-0.05, 0) is 13.8 Å². The maximum absolute atomic E-state index is 12.2. The fraction of sp³-hybridized carbons (Fsp3) is 0.562. The summed E-state index contributed by atoms with van der Waals surface area (Å²) in [6.07, 6.45) is 1.16. The average Bonchev–Trinajstić information content (AvgIpc) is 2.52. The highest BCUT2D eigenvalue weighted by molar-refractivity contribution is 7.88. The predicted octanol–water partition coefficient (Wildman–Crippen LogP) is 1.71. The number of hydrogen-bond acceptors (Lipinski definition) is 6. The van der Waals surface area contributed by atoms with E-state index < -0.39 is 10.0 Å². The topological polar surface area (TPSA) is 94.2 Å². The van der Waals surface area contributed by atoms with Crippen LogP contribution >= 0.6 is 0 Å². The first-order chi connectivity index (χ1) is 11.6. The van der Waals surface area contributed by atoms with Crippen molar-refractivity contribution in [3.8, 4) is 17.2 Å². The monoisotopic (exact) mass is 374 g/mol. The van der Waals surface area contributed by atoms with Gasteiger partial charge in [-0.25, -0.2) is 8.42 Å². The van der Waals surface area contributed by atoms with Gasteiger partial charge in [-0.1, -0.05) is 0 Å². The molecule has 0 saturated carbocycles. The van der Waals surface area contributed by atoms with E-state index in [0.717, 1.165) is 6.26 Å². The summed E-state index contributed by atoms with van der Waals surface area (Å²) in [4.78, 5) is 12.2. The van der Waals surface area contributed by atoms with Crippen LogP contribution in [0.4, 0.5) is 5.69 Å². The Hall–Kier alpha value is -2.00. The predicted molar refractivity (Wildman–Crippen MR) is 96.0 cm³/mol. The molecule has 0 bridgehead atoms. The third-order valence-electron chi connectivity index (χ3n) is 3.51. The van der Waals surface area contributed by atoms with Crippen molar-refractivity contribution in [3.63, 3.8) is 0 Å². The minimum Gasteiger partial charge on any atom is -0.493 e. The van der Waals surface area contributed by atoms with Crippen LogP contribution in [-0.4, -0.2) is 58.8 Å². The van der Waals surface area contributed by atoms with E-state index in [9.17, 15) is 13.2 Å². The van der Waals surface area contributed by atoms with Crippen LogP contribution in [0.1, 0.15) is 20.3 Å². The lowest BCUT2D eigenvalue weighted by Gasteiger charge is -2.23. The van der Waals surface area contributed by atoms with E-state index in [-0.39, 0.29) is 24.9 Å². The van der Waals surface area contributed by atoms with Crippen LogP contribution in [0.3, 0.4) is 0 Å². The zero-order valence-corrected chi connectivity index (χ0v) is 16.3. The molecular weight excluding hydrogens is 348 g/mol. The van der Waals surface area contributed by atoms with Crippen molar-refractivity contribution in [2.45, 2.75) is 26.3 Å². The standard InChI is InChI=1S/C16H26N2O6S/c1-11(2)18(25(6,20)21)8-7-15(19)17-12-9-13(22-3)16(24-5)14(10-12)23-4/h9-11H,7-8H2,1-6H3,(H,17,19). The van der Waals surface area contributed by atoms with Crippen LogP contribution in [0.25, 0.3) is 0 Å². The van der Waals surface area contributed by atoms with Crippen LogP contribution < -0.4 is 19.5 Å². The molecule has 8 nitrogen and oxygen atoms in total. The van der Waals surface area contributed by atoms with Crippen molar-refractivity contribution in [3.05, 3.63) is 12.1 Å². The zero-order chi connectivity index (χ0) is 19.2. The number of methoxy groups -OCH3 is 3. The molecule has 0 atom stereocenters. The number of amides is 1. The van der Waals surface area contributed by atoms with Crippen LogP contribution in [0, 0.1) is 0 Å². The molecule has 9 heteroatoms. The Morgan fingerprint density at radius 1 is 1.12 bits per heavy atom. The van der Waals surface area contributed by atoms with Crippen molar-refractivity contribution in [2.75, 3.05) is 39.4 Å². The van der Waals surface area contributed by atoms with Gasteiger partial charge in [-0.2, -0.15) is 4.31 Å². The first-order valence-electron chi connectivity index (χ1n) is 7.70. The van der Waals surface area contributed by atoms with Crippen molar-refractivity contribution < 1.29 is 27.4 Å². The third kappa shape index (κ3) is 5.79. The molecule has 1 aromatic rings. The summed E-state index contributed by atoms with van der Waals surface area (Å²) in [6, 6.07) is 3.00. The van der Waals surface area contributed by atoms with Gasteiger partial charge >= 0.3 is 0 Å². The maximum Gasteiger partial charge on any atom is 0.225 e. The van der Waals surface area contributed by atoms with E-state index in [1.54, 1.807) is 26.0 Å². The molecule has 0 aromatic heterocycles. The minimum atomic E-state index is -3.37. The number of anilines is 1. The van der Waals surface area contributed by atoms with Crippen LogP contribution in [-0.2, 0) is 14.8 Å². The molecule has 1 aromatic carbocycles. The molecule has 0 aliphatic heterocycles. The highest BCUT2D eigenvalue weighted by Crippen LogP contribution is 2.39. The molecule has 1 rings (SSSR count). The second kappa shape index (κ2) is 8.91. The van der Waals surface area contributed by atoms with Gasteiger partial charge in [-0.3, -0.25) is 4.79 Å². The number of nitrogens with one attached hydrogen (secondary N) is 1. The summed E-state index contributed by atoms with van der Waals surface area (Å²) in [7, 11) is 1.09. The lowest BCUT2D eigenvalue weighted by molar-refractivity contribution is -0.116. The SMILES string of the molecule is COc1cc(NC(=O)CCN(C(C)C)S(C)(=O)=O)cc(OC)c1OC. The normalized spacial score (nSPS) is 11.5. The fourth-order valence-electron chi connectivity index (χ4n) is 2.40. The Morgan fingerprint density at radius 3 is 2.00 bits per heavy atom. The lowest BCUT2D eigenvalue weighted by Crippen LogP contribution is -2.38. The van der Waals surface area contributed by atoms with Gasteiger partial charge in [0.2, 0.25) is 21.7 Å². The van der Waals surface area contributed by atoms with E-state index in [4.69, 9.17) is 14.2 Å². The number of hydrogen-bond donors (Lipinski definition) is 1. The summed E-state index contributed by atoms with van der Waals surface area (Å²) >= 11 is 0. The Morgan fingerprint density at radius 2 is 1.64 bits per heavy atom. The smallest absolute Gasteiger partial charge is 0.225 e. The second-order valence-electron chi connectivity index (χ2n) is 5.68. The highest BCUT2D eigenvalue weighted by Gasteiger charge is 2.21. The average molecular weight is 374 g/mol. The fourth-order valence-corrected chi connectivity index (χ4v) is 3.58. The molecule has 142 valence electrons. The number of rotatable bonds is 9. The summed E-state index contributed by atoms with van der Waals surface area (Å²) in [5.74, 6) is 0.934. The Balaban J connectivity index is 2.87. The number of nitrogens with zero attached hydrogens (tertiary/aromatic N) is 1. The molecule has 0 aliphatic rings. The Labute approximate surface area is 149 Å². The summed E-state index contributed by atoms with van der Waals surface area (Å²) < 4.78 is 40.4. The first-order valence-corrected chi connectivity index (χ1v) is 9.55. The quantitative estimate of drug-likeness (QED) is 0.707. The molecule has 1 N–H and O–H groups in total. The van der Waals surface area contributed by atoms with Gasteiger partial charge < -0.3 is 19.5 Å². The molecule has 0 unspecified atom stereocenters. The lowest BCUT2D eigenvalue weighted by atomic mass is 10.2. The third-order valence-corrected chi connectivity index (χ3v) is 4.97. The molecule has 1 amide bonds. The van der Waals surface area contributed by atoms with Crippen molar-refractivity contribution in [1.29, 1.82) is 0 Å². The summed E-state index contributed by atoms with van der Waals surface area (Å²) in [5, 5.41) is 2.71. The van der Waals surface area contributed by atoms with Gasteiger partial charge in [0.1, 0.15) is 0 Å². The van der Waals surface area contributed by atoms with E-state index in [0.29, 0.717) is 22.9 Å². The van der Waals surface area contributed by atoms with Crippen LogP contribution in [0.15, 0.2) is 12.1 Å². The number of carbonyl (C=O) groups excluding carboxylic acids is 1. The maximum atomic E-state index is 12.2. The highest BCUT2D eigenvalue weighted by atomic mass is 32.2. The van der Waals surface area contributed by atoms with Gasteiger partial charge in [0.05, 0.1) is 27.6 Å². The van der Waals surface area contributed by atoms with Crippen LogP contribution in [0.2, 0.25) is 0 Å².